The molecule has 13 heteroatoms. The van der Waals surface area contributed by atoms with Gasteiger partial charge in [0, 0.05) is 6.54 Å². The van der Waals surface area contributed by atoms with E-state index in [1.807, 2.05) is 6.07 Å². The molecular formula is C20H20ClN7O4S. The summed E-state index contributed by atoms with van der Waals surface area (Å²) in [7, 11) is -3.49. The molecule has 0 atom stereocenters. The van der Waals surface area contributed by atoms with Gasteiger partial charge in [-0.1, -0.05) is 28.9 Å². The minimum absolute atomic E-state index is 0.168. The maximum atomic E-state index is 13.0. The minimum atomic E-state index is -3.49. The van der Waals surface area contributed by atoms with Crippen molar-refractivity contribution >= 4 is 39.2 Å². The average molecular weight is 490 g/mol. The molecule has 1 aromatic carbocycles. The topological polar surface area (TPSA) is 143 Å². The summed E-state index contributed by atoms with van der Waals surface area (Å²) in [6.07, 6.45) is 0.288. The van der Waals surface area contributed by atoms with Crippen molar-refractivity contribution in [1.29, 1.82) is 5.26 Å². The van der Waals surface area contributed by atoms with Crippen LogP contribution in [0.2, 0.25) is 5.02 Å². The first-order valence-corrected chi connectivity index (χ1v) is 11.9. The number of sulfonamides is 1. The van der Waals surface area contributed by atoms with Gasteiger partial charge in [0.05, 0.1) is 34.4 Å². The number of para-hydroxylation sites is 1. The summed E-state index contributed by atoms with van der Waals surface area (Å²) in [6.45, 7) is 3.34. The lowest BCUT2D eigenvalue weighted by Crippen LogP contribution is -2.35. The molecule has 2 aromatic heterocycles. The molecule has 0 aliphatic rings. The van der Waals surface area contributed by atoms with Crippen molar-refractivity contribution in [3.8, 4) is 23.2 Å². The molecule has 0 saturated carbocycles. The van der Waals surface area contributed by atoms with Crippen molar-refractivity contribution in [1.82, 2.24) is 20.0 Å². The van der Waals surface area contributed by atoms with Gasteiger partial charge in [0.2, 0.25) is 10.0 Å². The lowest BCUT2D eigenvalue weighted by molar-refractivity contribution is 0.207. The first kappa shape index (κ1) is 24.0. The molecule has 1 amide bonds. The van der Waals surface area contributed by atoms with Gasteiger partial charge in [-0.2, -0.15) is 5.26 Å². The molecule has 0 fully saturated rings. The quantitative estimate of drug-likeness (QED) is 0.532. The number of aryl methyl sites for hydroxylation is 1. The number of nitrogens with zero attached hydrogens (tertiary/aromatic N) is 6. The van der Waals surface area contributed by atoms with Gasteiger partial charge < -0.3 is 4.74 Å². The summed E-state index contributed by atoms with van der Waals surface area (Å²) in [6, 6.07) is 11.6. The molecule has 1 N–H and O–H groups in total. The fraction of sp³-hybridized carbons (Fsp3) is 0.250. The van der Waals surface area contributed by atoms with Crippen molar-refractivity contribution in [2.45, 2.75) is 20.4 Å². The molecule has 11 nitrogen and oxygen atoms in total. The molecule has 0 bridgehead atoms. The van der Waals surface area contributed by atoms with Crippen molar-refractivity contribution < 1.29 is 17.9 Å². The second kappa shape index (κ2) is 9.85. The maximum absolute atomic E-state index is 13.0. The highest BCUT2D eigenvalue weighted by Gasteiger charge is 2.27. The van der Waals surface area contributed by atoms with E-state index in [1.165, 1.54) is 21.7 Å². The number of pyridine rings is 1. The van der Waals surface area contributed by atoms with Gasteiger partial charge in [-0.25, -0.2) is 22.9 Å². The number of carbonyl (C=O) groups is 1. The van der Waals surface area contributed by atoms with E-state index in [9.17, 15) is 18.5 Å². The van der Waals surface area contributed by atoms with E-state index in [4.69, 9.17) is 16.3 Å². The summed E-state index contributed by atoms with van der Waals surface area (Å²) in [5, 5.41) is 17.6. The molecule has 3 rings (SSSR count). The highest BCUT2D eigenvalue weighted by Crippen LogP contribution is 2.31. The van der Waals surface area contributed by atoms with E-state index in [0.717, 1.165) is 6.26 Å². The molecule has 3 aromatic rings. The van der Waals surface area contributed by atoms with E-state index >= 15 is 0 Å². The zero-order chi connectivity index (χ0) is 24.2. The molecule has 0 aliphatic heterocycles. The van der Waals surface area contributed by atoms with Crippen molar-refractivity contribution in [2.24, 2.45) is 0 Å². The van der Waals surface area contributed by atoms with E-state index in [-0.39, 0.29) is 35.4 Å². The Labute approximate surface area is 195 Å². The van der Waals surface area contributed by atoms with Crippen LogP contribution >= 0.6 is 11.6 Å². The zero-order valence-corrected chi connectivity index (χ0v) is 19.6. The second-order valence-corrected chi connectivity index (χ2v) is 8.98. The first-order chi connectivity index (χ1) is 15.6. The molecule has 33 heavy (non-hydrogen) atoms. The van der Waals surface area contributed by atoms with Crippen LogP contribution < -0.4 is 14.4 Å². The van der Waals surface area contributed by atoms with E-state index in [0.29, 0.717) is 17.1 Å². The van der Waals surface area contributed by atoms with Crippen molar-refractivity contribution in [3.05, 3.63) is 47.1 Å². The summed E-state index contributed by atoms with van der Waals surface area (Å²) < 4.78 is 32.2. The number of carbonyl (C=O) groups excluding carboxylic acids is 1. The molecule has 0 aliphatic carbocycles. The monoisotopic (exact) mass is 489 g/mol. The van der Waals surface area contributed by atoms with Crippen LogP contribution in [0.4, 0.5) is 16.3 Å². The standard InChI is InChI=1S/C20H20ClN7O4S/c1-4-27(20(29)32-17-8-6-5-7-14(17)21)19-18(24-26-28(19)12-11-22)16-10-9-15(13(2)23-16)25-33(3,30)31/h5-10,25H,4,12H2,1-3H3. The highest BCUT2D eigenvalue weighted by molar-refractivity contribution is 7.92. The third-order valence-corrected chi connectivity index (χ3v) is 5.28. The Morgan fingerprint density at radius 3 is 2.64 bits per heavy atom. The minimum Gasteiger partial charge on any atom is -0.408 e. The SMILES string of the molecule is CCN(C(=O)Oc1ccccc1Cl)c1c(-c2ccc(NS(C)(=O)=O)c(C)n2)nnn1CC#N. The third-order valence-electron chi connectivity index (χ3n) is 4.38. The van der Waals surface area contributed by atoms with Crippen LogP contribution in [0.25, 0.3) is 11.4 Å². The Morgan fingerprint density at radius 1 is 1.30 bits per heavy atom. The van der Waals surface area contributed by atoms with Crippen LogP contribution in [0, 0.1) is 18.3 Å². The average Bonchev–Trinajstić information content (AvgIpc) is 3.14. The van der Waals surface area contributed by atoms with Crippen LogP contribution in [0.1, 0.15) is 12.6 Å². The second-order valence-electron chi connectivity index (χ2n) is 6.82. The number of amides is 1. The summed E-state index contributed by atoms with van der Waals surface area (Å²) >= 11 is 6.10. The van der Waals surface area contributed by atoms with Gasteiger partial charge in [0.15, 0.2) is 17.3 Å². The lowest BCUT2D eigenvalue weighted by Gasteiger charge is -2.21. The van der Waals surface area contributed by atoms with E-state index < -0.39 is 16.1 Å². The number of anilines is 2. The molecule has 172 valence electrons. The van der Waals surface area contributed by atoms with Crippen LogP contribution in [-0.4, -0.2) is 47.3 Å². The number of aromatic nitrogens is 4. The Bertz CT molecular complexity index is 1330. The molecule has 0 spiro atoms. The van der Waals surface area contributed by atoms with Gasteiger partial charge in [0.25, 0.3) is 0 Å². The van der Waals surface area contributed by atoms with Crippen molar-refractivity contribution in [3.63, 3.8) is 0 Å². The Morgan fingerprint density at radius 2 is 2.03 bits per heavy atom. The predicted octanol–water partition coefficient (Wildman–Crippen LogP) is 3.22. The number of nitriles is 1. The van der Waals surface area contributed by atoms with E-state index in [2.05, 4.69) is 20.0 Å². The van der Waals surface area contributed by atoms with Crippen molar-refractivity contribution in [2.75, 3.05) is 22.4 Å². The smallest absolute Gasteiger partial charge is 0.408 e. The van der Waals surface area contributed by atoms with Gasteiger partial charge in [0.1, 0.15) is 6.54 Å². The van der Waals surface area contributed by atoms with Crippen LogP contribution in [-0.2, 0) is 16.6 Å². The summed E-state index contributed by atoms with van der Waals surface area (Å²) in [5.74, 6) is 0.375. The van der Waals surface area contributed by atoms with Crippen LogP contribution in [0.3, 0.4) is 0 Å². The van der Waals surface area contributed by atoms with Gasteiger partial charge in [-0.3, -0.25) is 9.62 Å². The number of rotatable bonds is 7. The van der Waals surface area contributed by atoms with Gasteiger partial charge >= 0.3 is 6.09 Å². The molecule has 2 heterocycles. The fourth-order valence-electron chi connectivity index (χ4n) is 2.96. The predicted molar refractivity (Wildman–Crippen MR) is 123 cm³/mol. The number of benzene rings is 1. The number of ether oxygens (including phenoxy) is 1. The summed E-state index contributed by atoms with van der Waals surface area (Å²) in [4.78, 5) is 18.7. The fourth-order valence-corrected chi connectivity index (χ4v) is 3.75. The summed E-state index contributed by atoms with van der Waals surface area (Å²) in [5.41, 5.74) is 1.24. The Kier molecular flexibility index (Phi) is 7.15. The number of nitrogens with one attached hydrogen (secondary N) is 1. The molecule has 0 unspecified atom stereocenters. The van der Waals surface area contributed by atoms with Crippen LogP contribution in [0.15, 0.2) is 36.4 Å². The Hall–Kier alpha value is -3.69. The lowest BCUT2D eigenvalue weighted by atomic mass is 10.2. The van der Waals surface area contributed by atoms with Gasteiger partial charge in [-0.05, 0) is 38.1 Å². The third kappa shape index (κ3) is 5.57. The van der Waals surface area contributed by atoms with E-state index in [1.54, 1.807) is 38.1 Å². The van der Waals surface area contributed by atoms with Crippen LogP contribution in [0.5, 0.6) is 5.75 Å². The number of halogens is 1. The Balaban J connectivity index is 2.04. The normalized spacial score (nSPS) is 11.0. The molecular weight excluding hydrogens is 470 g/mol. The number of hydrogen-bond donors (Lipinski definition) is 1. The highest BCUT2D eigenvalue weighted by atomic mass is 35.5. The number of hydrogen-bond acceptors (Lipinski definition) is 8. The van der Waals surface area contributed by atoms with Gasteiger partial charge in [-0.15, -0.1) is 5.10 Å². The first-order valence-electron chi connectivity index (χ1n) is 9.64. The molecule has 0 saturated heterocycles. The maximum Gasteiger partial charge on any atom is 0.421 e. The molecule has 0 radical (unpaired) electrons. The zero-order valence-electron chi connectivity index (χ0n) is 18.0. The largest absolute Gasteiger partial charge is 0.421 e.